The van der Waals surface area contributed by atoms with Gasteiger partial charge < -0.3 is 10.2 Å². The largest absolute Gasteiger partial charge is 0.453 e. The van der Waals surface area contributed by atoms with Crippen molar-refractivity contribution in [1.29, 1.82) is 0 Å². The molecule has 0 unspecified atom stereocenters. The van der Waals surface area contributed by atoms with Crippen molar-refractivity contribution in [3.05, 3.63) is 18.0 Å². The van der Waals surface area contributed by atoms with Crippen LogP contribution in [0.25, 0.3) is 5.65 Å². The van der Waals surface area contributed by atoms with E-state index in [0.717, 1.165) is 30.4 Å². The number of rotatable bonds is 3. The van der Waals surface area contributed by atoms with Crippen LogP contribution in [0.3, 0.4) is 0 Å². The lowest BCUT2D eigenvalue weighted by Gasteiger charge is -2.33. The van der Waals surface area contributed by atoms with Crippen LogP contribution in [0.5, 0.6) is 0 Å². The van der Waals surface area contributed by atoms with Crippen molar-refractivity contribution < 1.29 is 13.2 Å². The van der Waals surface area contributed by atoms with Crippen molar-refractivity contribution in [1.82, 2.24) is 25.1 Å². The number of halogens is 3. The number of hydrogen-bond donors (Lipinski definition) is 1. The van der Waals surface area contributed by atoms with Crippen molar-refractivity contribution in [3.63, 3.8) is 0 Å². The highest BCUT2D eigenvalue weighted by Crippen LogP contribution is 2.28. The van der Waals surface area contributed by atoms with Crippen LogP contribution in [0.1, 0.15) is 31.5 Å². The molecule has 2 fully saturated rings. The third-order valence-corrected chi connectivity index (χ3v) is 4.37. The molecule has 4 rings (SSSR count). The third kappa shape index (κ3) is 2.97. The molecule has 1 aliphatic heterocycles. The van der Waals surface area contributed by atoms with Gasteiger partial charge in [-0.05, 0) is 37.8 Å². The van der Waals surface area contributed by atoms with Crippen molar-refractivity contribution >= 4 is 11.5 Å². The Morgan fingerprint density at radius 1 is 1.00 bits per heavy atom. The number of piperidine rings is 1. The van der Waals surface area contributed by atoms with Crippen LogP contribution in [0, 0.1) is 0 Å². The molecule has 1 aliphatic carbocycles. The second-order valence-electron chi connectivity index (χ2n) is 6.19. The molecule has 3 heterocycles. The Morgan fingerprint density at radius 2 is 1.70 bits per heavy atom. The molecule has 0 amide bonds. The normalized spacial score (nSPS) is 20.4. The predicted octanol–water partition coefficient (Wildman–Crippen LogP) is 1.86. The van der Waals surface area contributed by atoms with E-state index < -0.39 is 12.0 Å². The fourth-order valence-corrected chi connectivity index (χ4v) is 2.98. The highest BCUT2D eigenvalue weighted by atomic mass is 19.4. The first-order chi connectivity index (χ1) is 11.0. The van der Waals surface area contributed by atoms with Crippen molar-refractivity contribution in [3.8, 4) is 0 Å². The minimum Gasteiger partial charge on any atom is -0.355 e. The summed E-state index contributed by atoms with van der Waals surface area (Å²) >= 11 is 0. The van der Waals surface area contributed by atoms with E-state index in [1.165, 1.54) is 18.9 Å². The minimum absolute atomic E-state index is 0.103. The molecule has 124 valence electrons. The summed E-state index contributed by atoms with van der Waals surface area (Å²) < 4.78 is 39.5. The lowest BCUT2D eigenvalue weighted by molar-refractivity contribution is -0.146. The smallest absolute Gasteiger partial charge is 0.355 e. The van der Waals surface area contributed by atoms with Gasteiger partial charge in [0.25, 0.3) is 5.82 Å². The maximum absolute atomic E-state index is 12.9. The SMILES string of the molecule is FC(F)(F)c1nnc2ccc(N3CCC(NC4CC4)CC3)nn12. The molecule has 0 bridgehead atoms. The van der Waals surface area contributed by atoms with Crippen LogP contribution in [0.4, 0.5) is 19.0 Å². The van der Waals surface area contributed by atoms with E-state index in [2.05, 4.69) is 20.6 Å². The maximum Gasteiger partial charge on any atom is 0.453 e. The zero-order valence-corrected chi connectivity index (χ0v) is 12.4. The summed E-state index contributed by atoms with van der Waals surface area (Å²) in [5.74, 6) is -0.549. The highest BCUT2D eigenvalue weighted by molar-refractivity contribution is 5.46. The van der Waals surface area contributed by atoms with E-state index in [0.29, 0.717) is 17.9 Å². The molecule has 0 spiro atoms. The van der Waals surface area contributed by atoms with Gasteiger partial charge in [0.1, 0.15) is 5.82 Å². The van der Waals surface area contributed by atoms with Gasteiger partial charge in [0.2, 0.25) is 0 Å². The number of fused-ring (bicyclic) bond motifs is 1. The molecule has 6 nitrogen and oxygen atoms in total. The van der Waals surface area contributed by atoms with Crippen LogP contribution in [0.2, 0.25) is 0 Å². The first-order valence-electron chi connectivity index (χ1n) is 7.81. The molecule has 2 aromatic heterocycles. The third-order valence-electron chi connectivity index (χ3n) is 4.37. The van der Waals surface area contributed by atoms with Gasteiger partial charge in [-0.1, -0.05) is 0 Å². The van der Waals surface area contributed by atoms with E-state index >= 15 is 0 Å². The second kappa shape index (κ2) is 5.33. The average molecular weight is 326 g/mol. The molecule has 1 saturated heterocycles. The lowest BCUT2D eigenvalue weighted by Crippen LogP contribution is -2.43. The van der Waals surface area contributed by atoms with E-state index in [4.69, 9.17) is 0 Å². The van der Waals surface area contributed by atoms with Gasteiger partial charge in [-0.3, -0.25) is 0 Å². The molecule has 1 saturated carbocycles. The number of hydrogen-bond acceptors (Lipinski definition) is 5. The molecule has 1 N–H and O–H groups in total. The molecular weight excluding hydrogens is 309 g/mol. The van der Waals surface area contributed by atoms with E-state index in [9.17, 15) is 13.2 Å². The minimum atomic E-state index is -4.56. The highest BCUT2D eigenvalue weighted by Gasteiger charge is 2.38. The predicted molar refractivity (Wildman–Crippen MR) is 77.2 cm³/mol. The Balaban J connectivity index is 1.52. The first-order valence-corrected chi connectivity index (χ1v) is 7.81. The van der Waals surface area contributed by atoms with Crippen molar-refractivity contribution in [2.45, 2.75) is 43.9 Å². The van der Waals surface area contributed by atoms with Crippen LogP contribution in [-0.4, -0.2) is 45.0 Å². The Morgan fingerprint density at radius 3 is 2.35 bits per heavy atom. The van der Waals surface area contributed by atoms with Crippen molar-refractivity contribution in [2.75, 3.05) is 18.0 Å². The lowest BCUT2D eigenvalue weighted by atomic mass is 10.1. The van der Waals surface area contributed by atoms with Gasteiger partial charge in [0, 0.05) is 25.2 Å². The topological polar surface area (TPSA) is 58.4 Å². The summed E-state index contributed by atoms with van der Waals surface area (Å²) in [7, 11) is 0. The summed E-state index contributed by atoms with van der Waals surface area (Å²) in [5.41, 5.74) is 0.103. The van der Waals surface area contributed by atoms with E-state index in [-0.39, 0.29) is 5.65 Å². The number of aromatic nitrogens is 4. The van der Waals surface area contributed by atoms with E-state index in [1.54, 1.807) is 6.07 Å². The number of anilines is 1. The van der Waals surface area contributed by atoms with Gasteiger partial charge in [-0.25, -0.2) is 0 Å². The molecule has 0 atom stereocenters. The quantitative estimate of drug-likeness (QED) is 0.933. The van der Waals surface area contributed by atoms with Crippen molar-refractivity contribution in [2.24, 2.45) is 0 Å². The molecule has 2 aromatic rings. The number of alkyl halides is 3. The number of nitrogens with zero attached hydrogens (tertiary/aromatic N) is 5. The zero-order valence-electron chi connectivity index (χ0n) is 12.4. The van der Waals surface area contributed by atoms with Crippen LogP contribution in [-0.2, 0) is 6.18 Å². The van der Waals surface area contributed by atoms with Gasteiger partial charge in [0.05, 0.1) is 0 Å². The molecule has 0 radical (unpaired) electrons. The molecule has 9 heteroatoms. The Hall–Kier alpha value is -1.90. The Kier molecular flexibility index (Phi) is 3.40. The molecule has 2 aliphatic rings. The fraction of sp³-hybridized carbons (Fsp3) is 0.643. The molecule has 0 aromatic carbocycles. The summed E-state index contributed by atoms with van der Waals surface area (Å²) in [4.78, 5) is 2.02. The molecular formula is C14H17F3N6. The maximum atomic E-state index is 12.9. The van der Waals surface area contributed by atoms with Gasteiger partial charge >= 0.3 is 6.18 Å². The fourth-order valence-electron chi connectivity index (χ4n) is 2.98. The van der Waals surface area contributed by atoms with E-state index in [1.807, 2.05) is 4.90 Å². The zero-order chi connectivity index (χ0) is 16.0. The summed E-state index contributed by atoms with van der Waals surface area (Å²) in [6, 6.07) is 4.41. The summed E-state index contributed by atoms with van der Waals surface area (Å²) in [6.45, 7) is 1.57. The Labute approximate surface area is 130 Å². The second-order valence-corrected chi connectivity index (χ2v) is 6.19. The van der Waals surface area contributed by atoms with Gasteiger partial charge in [-0.2, -0.15) is 17.7 Å². The average Bonchev–Trinajstić information content (AvgIpc) is 3.22. The molecule has 23 heavy (non-hydrogen) atoms. The van der Waals surface area contributed by atoms with Crippen LogP contribution in [0.15, 0.2) is 12.1 Å². The van der Waals surface area contributed by atoms with Crippen LogP contribution < -0.4 is 10.2 Å². The number of nitrogens with one attached hydrogen (secondary N) is 1. The summed E-state index contributed by atoms with van der Waals surface area (Å²) in [6.07, 6.45) is -0.0974. The first kappa shape index (κ1) is 14.7. The van der Waals surface area contributed by atoms with Gasteiger partial charge in [-0.15, -0.1) is 15.3 Å². The Bertz CT molecular complexity index is 700. The van der Waals surface area contributed by atoms with Gasteiger partial charge in [0.15, 0.2) is 5.65 Å². The van der Waals surface area contributed by atoms with Crippen LogP contribution >= 0.6 is 0 Å². The monoisotopic (exact) mass is 326 g/mol. The standard InChI is InChI=1S/C14H17F3N6/c15-14(16,17)13-20-19-11-3-4-12(21-23(11)13)22-7-5-10(6-8-22)18-9-1-2-9/h3-4,9-10,18H,1-2,5-8H2. The summed E-state index contributed by atoms with van der Waals surface area (Å²) in [5, 5.41) is 14.4.